The first-order valence-electron chi connectivity index (χ1n) is 8.57. The highest BCUT2D eigenvalue weighted by atomic mass is 32.2. The molecule has 1 aliphatic rings. The fraction of sp³-hybridized carbons (Fsp3) is 0.190. The smallest absolute Gasteiger partial charge is 0.159 e. The first kappa shape index (κ1) is 16.9. The number of quaternary nitrogens is 1. The molecule has 1 fully saturated rings. The van der Waals surface area contributed by atoms with Gasteiger partial charge in [-0.05, 0) is 28.5 Å². The van der Waals surface area contributed by atoms with Gasteiger partial charge in [0.05, 0.1) is 5.75 Å². The lowest BCUT2D eigenvalue weighted by molar-refractivity contribution is -0.690. The van der Waals surface area contributed by atoms with E-state index in [-0.39, 0.29) is 5.37 Å². The van der Waals surface area contributed by atoms with E-state index in [4.69, 9.17) is 4.74 Å². The topological polar surface area (TPSA) is 66.0 Å². The largest absolute Gasteiger partial charge is 0.544 e. The average Bonchev–Trinajstić information content (AvgIpc) is 3.17. The fourth-order valence-corrected chi connectivity index (χ4v) is 4.55. The van der Waals surface area contributed by atoms with E-state index in [9.17, 15) is 9.90 Å². The molecule has 0 saturated carbocycles. The number of thioether (sulfide) groups is 1. The summed E-state index contributed by atoms with van der Waals surface area (Å²) in [5, 5.41) is 15.3. The van der Waals surface area contributed by atoms with Crippen LogP contribution in [0, 0.1) is 0 Å². The van der Waals surface area contributed by atoms with Crippen LogP contribution >= 0.6 is 11.8 Å². The van der Waals surface area contributed by atoms with Gasteiger partial charge < -0.3 is 20.0 Å². The molecule has 1 aliphatic heterocycles. The summed E-state index contributed by atoms with van der Waals surface area (Å²) in [6.45, 7) is 0.494. The highest BCUT2D eigenvalue weighted by Gasteiger charge is 2.30. The minimum Gasteiger partial charge on any atom is -0.544 e. The summed E-state index contributed by atoms with van der Waals surface area (Å²) in [5.74, 6) is 0.360. The summed E-state index contributed by atoms with van der Waals surface area (Å²) in [6, 6.07) is 21.9. The van der Waals surface area contributed by atoms with Crippen molar-refractivity contribution < 1.29 is 20.0 Å². The Bertz CT molecular complexity index is 938. The van der Waals surface area contributed by atoms with Crippen molar-refractivity contribution >= 4 is 28.5 Å². The number of fused-ring (bicyclic) bond motifs is 1. The maximum Gasteiger partial charge on any atom is 0.159 e. The number of ether oxygens (including phenoxy) is 1. The number of aliphatic carboxylic acids is 1. The molecule has 2 atom stereocenters. The summed E-state index contributed by atoms with van der Waals surface area (Å²) in [4.78, 5) is 11.0. The normalized spacial score (nSPS) is 19.5. The number of carboxylic acids is 1. The van der Waals surface area contributed by atoms with E-state index in [1.807, 2.05) is 47.8 Å². The molecule has 2 N–H and O–H groups in total. The summed E-state index contributed by atoms with van der Waals surface area (Å²) < 4.78 is 6.02. The predicted molar refractivity (Wildman–Crippen MR) is 101 cm³/mol. The highest BCUT2D eigenvalue weighted by molar-refractivity contribution is 7.99. The highest BCUT2D eigenvalue weighted by Crippen LogP contribution is 2.29. The van der Waals surface area contributed by atoms with Crippen LogP contribution in [0.1, 0.15) is 16.5 Å². The van der Waals surface area contributed by atoms with E-state index < -0.39 is 12.0 Å². The zero-order valence-electron chi connectivity index (χ0n) is 14.1. The van der Waals surface area contributed by atoms with E-state index in [1.54, 1.807) is 11.8 Å². The lowest BCUT2D eigenvalue weighted by atomic mass is 10.1. The van der Waals surface area contributed by atoms with E-state index in [1.165, 1.54) is 10.8 Å². The van der Waals surface area contributed by atoms with Crippen molar-refractivity contribution in [2.45, 2.75) is 18.0 Å². The molecule has 4 rings (SSSR count). The summed E-state index contributed by atoms with van der Waals surface area (Å²) in [7, 11) is 0. The number of hydrogen-bond donors (Lipinski definition) is 1. The van der Waals surface area contributed by atoms with Gasteiger partial charge in [0.1, 0.15) is 24.4 Å². The van der Waals surface area contributed by atoms with Crippen LogP contribution in [-0.2, 0) is 11.4 Å². The molecule has 5 heteroatoms. The van der Waals surface area contributed by atoms with Crippen LogP contribution in [0.4, 0.5) is 0 Å². The van der Waals surface area contributed by atoms with Gasteiger partial charge in [-0.2, -0.15) is 0 Å². The van der Waals surface area contributed by atoms with Crippen LogP contribution in [-0.4, -0.2) is 17.8 Å². The summed E-state index contributed by atoms with van der Waals surface area (Å²) in [5.41, 5.74) is 2.21. The van der Waals surface area contributed by atoms with E-state index >= 15 is 0 Å². The maximum atomic E-state index is 11.0. The number of carbonyl (C=O) groups is 1. The van der Waals surface area contributed by atoms with Gasteiger partial charge in [-0.15, -0.1) is 0 Å². The van der Waals surface area contributed by atoms with E-state index in [2.05, 4.69) is 24.3 Å². The minimum atomic E-state index is -0.997. The molecule has 0 aromatic heterocycles. The Labute approximate surface area is 156 Å². The number of carboxylic acid groups (broad SMARTS) is 1. The molecule has 0 radical (unpaired) electrons. The quantitative estimate of drug-likeness (QED) is 0.749. The van der Waals surface area contributed by atoms with Crippen LogP contribution in [0.5, 0.6) is 5.75 Å². The van der Waals surface area contributed by atoms with Crippen molar-refractivity contribution in [1.29, 1.82) is 0 Å². The van der Waals surface area contributed by atoms with Crippen molar-refractivity contribution in [2.24, 2.45) is 0 Å². The third kappa shape index (κ3) is 3.54. The van der Waals surface area contributed by atoms with Gasteiger partial charge in [0.15, 0.2) is 5.37 Å². The Morgan fingerprint density at radius 2 is 1.92 bits per heavy atom. The van der Waals surface area contributed by atoms with Crippen LogP contribution in [0.3, 0.4) is 0 Å². The Balaban J connectivity index is 1.48. The van der Waals surface area contributed by atoms with Crippen LogP contribution < -0.4 is 15.2 Å². The zero-order chi connectivity index (χ0) is 17.9. The first-order valence-corrected chi connectivity index (χ1v) is 9.62. The lowest BCUT2D eigenvalue weighted by Crippen LogP contribution is -2.90. The standard InChI is InChI=1S/C21H19NO3S/c23-21(24)19-13-26-20(22-19)15-7-4-9-17(11-15)25-12-16-8-3-6-14-5-1-2-10-18(14)16/h1-11,19-20,22H,12-13H2,(H,23,24)/t19-,20-/m0/s1. The zero-order valence-corrected chi connectivity index (χ0v) is 14.9. The molecule has 132 valence electrons. The number of hydrogen-bond acceptors (Lipinski definition) is 4. The molecule has 0 amide bonds. The fourth-order valence-electron chi connectivity index (χ4n) is 3.24. The SMILES string of the molecule is O=C([O-])[C@@H]1CS[C@@H](c2cccc(OCc3cccc4ccccc34)c2)[NH2+]1. The van der Waals surface area contributed by atoms with Gasteiger partial charge in [0, 0.05) is 5.56 Å². The number of carbonyl (C=O) groups excluding carboxylic acids is 1. The summed E-state index contributed by atoms with van der Waals surface area (Å²) >= 11 is 1.62. The lowest BCUT2D eigenvalue weighted by Gasteiger charge is -2.13. The molecule has 26 heavy (non-hydrogen) atoms. The molecular weight excluding hydrogens is 346 g/mol. The second-order valence-corrected chi connectivity index (χ2v) is 7.55. The Hall–Kier alpha value is -2.50. The van der Waals surface area contributed by atoms with Crippen molar-refractivity contribution in [1.82, 2.24) is 0 Å². The Kier molecular flexibility index (Phi) is 4.82. The Morgan fingerprint density at radius 3 is 2.77 bits per heavy atom. The molecule has 0 aliphatic carbocycles. The number of nitrogens with two attached hydrogens (primary N) is 1. The van der Waals surface area contributed by atoms with Gasteiger partial charge in [0.25, 0.3) is 0 Å². The molecule has 0 unspecified atom stereocenters. The van der Waals surface area contributed by atoms with Gasteiger partial charge in [-0.1, -0.05) is 66.4 Å². The second kappa shape index (κ2) is 7.40. The third-order valence-electron chi connectivity index (χ3n) is 4.63. The first-order chi connectivity index (χ1) is 12.7. The van der Waals surface area contributed by atoms with E-state index in [0.717, 1.165) is 16.9 Å². The van der Waals surface area contributed by atoms with Crippen LogP contribution in [0.15, 0.2) is 66.7 Å². The predicted octanol–water partition coefficient (Wildman–Crippen LogP) is 1.85. The van der Waals surface area contributed by atoms with Crippen molar-refractivity contribution in [3.8, 4) is 5.75 Å². The van der Waals surface area contributed by atoms with Gasteiger partial charge >= 0.3 is 0 Å². The minimum absolute atomic E-state index is 0.0685. The molecule has 3 aromatic rings. The van der Waals surface area contributed by atoms with Crippen molar-refractivity contribution in [2.75, 3.05) is 5.75 Å². The third-order valence-corrected chi connectivity index (χ3v) is 5.97. The summed E-state index contributed by atoms with van der Waals surface area (Å²) in [6.07, 6.45) is 0. The van der Waals surface area contributed by atoms with Crippen molar-refractivity contribution in [3.05, 3.63) is 77.9 Å². The average molecular weight is 365 g/mol. The molecule has 3 aromatic carbocycles. The monoisotopic (exact) mass is 365 g/mol. The van der Waals surface area contributed by atoms with Gasteiger partial charge in [0.2, 0.25) is 0 Å². The van der Waals surface area contributed by atoms with Crippen molar-refractivity contribution in [3.63, 3.8) is 0 Å². The maximum absolute atomic E-state index is 11.0. The van der Waals surface area contributed by atoms with Gasteiger partial charge in [-0.3, -0.25) is 0 Å². The van der Waals surface area contributed by atoms with E-state index in [0.29, 0.717) is 12.4 Å². The van der Waals surface area contributed by atoms with Crippen LogP contribution in [0.25, 0.3) is 10.8 Å². The second-order valence-electron chi connectivity index (χ2n) is 6.37. The molecular formula is C21H19NO3S. The molecule has 1 saturated heterocycles. The number of rotatable bonds is 5. The molecule has 0 bridgehead atoms. The molecule has 4 nitrogen and oxygen atoms in total. The van der Waals surface area contributed by atoms with Crippen LogP contribution in [0.2, 0.25) is 0 Å². The number of benzene rings is 3. The molecule has 1 heterocycles. The van der Waals surface area contributed by atoms with Gasteiger partial charge in [-0.25, -0.2) is 0 Å². The Morgan fingerprint density at radius 1 is 1.12 bits per heavy atom. The molecule has 0 spiro atoms.